The first-order chi connectivity index (χ1) is 19.6. The third-order valence-electron chi connectivity index (χ3n) is 6.15. The third-order valence-corrected chi connectivity index (χ3v) is 6.15. The molecule has 0 spiro atoms. The van der Waals surface area contributed by atoms with Crippen LogP contribution in [-0.4, -0.2) is 47.1 Å². The fourth-order valence-corrected chi connectivity index (χ4v) is 4.17. The lowest BCUT2D eigenvalue weighted by Crippen LogP contribution is -2.24. The fraction of sp³-hybridized carbons (Fsp3) is 0.192. The number of H-pyrrole nitrogens is 2. The molecule has 5 aromatic rings. The molecular formula is C26H20F4N8O3. The van der Waals surface area contributed by atoms with Gasteiger partial charge < -0.3 is 20.1 Å². The molecule has 0 amide bonds. The van der Waals surface area contributed by atoms with E-state index in [1.807, 2.05) is 0 Å². The number of aromatic hydroxyl groups is 1. The molecule has 1 aliphatic rings. The number of halogens is 4. The Morgan fingerprint density at radius 3 is 2.73 bits per heavy atom. The number of hydrogen-bond acceptors (Lipinski definition) is 8. The highest BCUT2D eigenvalue weighted by atomic mass is 19.4. The van der Waals surface area contributed by atoms with Crippen LogP contribution in [0.3, 0.4) is 0 Å². The Kier molecular flexibility index (Phi) is 6.40. The number of aromatic amines is 2. The summed E-state index contributed by atoms with van der Waals surface area (Å²) in [4.78, 5) is 29.9. The molecular weight excluding hydrogens is 548 g/mol. The lowest BCUT2D eigenvalue weighted by atomic mass is 9.99. The number of rotatable bonds is 7. The zero-order chi connectivity index (χ0) is 28.7. The van der Waals surface area contributed by atoms with Crippen molar-refractivity contribution in [3.8, 4) is 22.8 Å². The van der Waals surface area contributed by atoms with Gasteiger partial charge in [-0.15, -0.1) is 13.2 Å². The maximum absolute atomic E-state index is 14.2. The van der Waals surface area contributed by atoms with Gasteiger partial charge in [0.2, 0.25) is 11.8 Å². The monoisotopic (exact) mass is 568 g/mol. The topological polar surface area (TPSA) is 146 Å². The summed E-state index contributed by atoms with van der Waals surface area (Å²) in [5, 5.41) is 17.8. The van der Waals surface area contributed by atoms with Gasteiger partial charge in [-0.1, -0.05) is 18.2 Å². The second-order valence-electron chi connectivity index (χ2n) is 9.26. The molecule has 41 heavy (non-hydrogen) atoms. The van der Waals surface area contributed by atoms with Crippen molar-refractivity contribution in [3.63, 3.8) is 0 Å². The van der Waals surface area contributed by atoms with Crippen molar-refractivity contribution in [3.05, 3.63) is 87.1 Å². The highest BCUT2D eigenvalue weighted by molar-refractivity contribution is 5.69. The molecule has 3 aromatic heterocycles. The normalized spacial score (nSPS) is 14.6. The Balaban J connectivity index is 1.37. The van der Waals surface area contributed by atoms with E-state index in [0.29, 0.717) is 27.6 Å². The molecule has 11 nitrogen and oxygen atoms in total. The number of alkyl halides is 3. The molecule has 0 radical (unpaired) electrons. The molecule has 15 heteroatoms. The van der Waals surface area contributed by atoms with Crippen molar-refractivity contribution in [2.24, 2.45) is 4.99 Å². The molecule has 1 saturated carbocycles. The first kappa shape index (κ1) is 26.0. The Hall–Kier alpha value is -5.21. The molecule has 0 unspecified atom stereocenters. The number of benzene rings is 2. The summed E-state index contributed by atoms with van der Waals surface area (Å²) in [5.41, 5.74) is 1.37. The standard InChI is InChI=1S/C26H20F4N8O3/c27-16-5-4-14(19(10-16)13-2-1-3-18(8-13)41-26(28,29)30)11-31-23-35-21-15(9-20-22(39)36-25(40)34-20)12-32-38(21)24(37-23)33-17-6-7-17/h1-5,8-10,12,17,39H,6-7,11H2,(H,31,33,37)(H2,34,36,40). The SMILES string of the molecule is O=c1[nH]c(O)c(C=c2cnn3c(=NC4CC4)nc(NCc4ccc(F)cc4-c4cccc(OC(F)(F)F)c4)nc23)[nH]1. The average Bonchev–Trinajstić information content (AvgIpc) is 3.55. The lowest BCUT2D eigenvalue weighted by Gasteiger charge is -2.14. The molecule has 2 aromatic carbocycles. The molecule has 0 saturated heterocycles. The van der Waals surface area contributed by atoms with Gasteiger partial charge in [0.05, 0.1) is 12.2 Å². The van der Waals surface area contributed by atoms with Gasteiger partial charge in [-0.25, -0.2) is 14.2 Å². The lowest BCUT2D eigenvalue weighted by molar-refractivity contribution is -0.274. The van der Waals surface area contributed by atoms with E-state index in [4.69, 9.17) is 0 Å². The van der Waals surface area contributed by atoms with Crippen LogP contribution < -0.4 is 26.6 Å². The zero-order valence-corrected chi connectivity index (χ0v) is 20.9. The second kappa shape index (κ2) is 10.1. The maximum atomic E-state index is 14.2. The third kappa shape index (κ3) is 5.88. The van der Waals surface area contributed by atoms with E-state index in [9.17, 15) is 27.5 Å². The Morgan fingerprint density at radius 1 is 1.17 bits per heavy atom. The van der Waals surface area contributed by atoms with Gasteiger partial charge in [-0.2, -0.15) is 19.6 Å². The van der Waals surface area contributed by atoms with Gasteiger partial charge in [-0.05, 0) is 59.9 Å². The second-order valence-corrected chi connectivity index (χ2v) is 9.26. The average molecular weight is 568 g/mol. The van der Waals surface area contributed by atoms with E-state index < -0.39 is 23.6 Å². The molecule has 0 bridgehead atoms. The van der Waals surface area contributed by atoms with Crippen molar-refractivity contribution < 1.29 is 27.4 Å². The van der Waals surface area contributed by atoms with Gasteiger partial charge in [0, 0.05) is 11.8 Å². The Morgan fingerprint density at radius 2 is 2.00 bits per heavy atom. The van der Waals surface area contributed by atoms with E-state index in [-0.39, 0.29) is 35.7 Å². The molecule has 6 rings (SSSR count). The summed E-state index contributed by atoms with van der Waals surface area (Å²) in [6.45, 7) is 0.0815. The number of nitrogens with one attached hydrogen (secondary N) is 3. The minimum Gasteiger partial charge on any atom is -0.493 e. The van der Waals surface area contributed by atoms with E-state index >= 15 is 0 Å². The first-order valence-corrected chi connectivity index (χ1v) is 12.3. The molecule has 3 heterocycles. The quantitative estimate of drug-likeness (QED) is 0.221. The van der Waals surface area contributed by atoms with Crippen LogP contribution in [0.5, 0.6) is 11.6 Å². The summed E-state index contributed by atoms with van der Waals surface area (Å²) in [5.74, 6) is -1.20. The van der Waals surface area contributed by atoms with Gasteiger partial charge in [-0.3, -0.25) is 4.98 Å². The van der Waals surface area contributed by atoms with Crippen molar-refractivity contribution >= 4 is 17.7 Å². The van der Waals surface area contributed by atoms with Crippen LogP contribution in [-0.2, 0) is 6.54 Å². The van der Waals surface area contributed by atoms with E-state index in [0.717, 1.165) is 18.9 Å². The summed E-state index contributed by atoms with van der Waals surface area (Å²) in [6, 6.07) is 9.32. The number of fused-ring (bicyclic) bond motifs is 1. The van der Waals surface area contributed by atoms with Crippen molar-refractivity contribution in [2.45, 2.75) is 31.8 Å². The number of aromatic nitrogens is 6. The molecule has 1 aliphatic carbocycles. The van der Waals surface area contributed by atoms with Crippen molar-refractivity contribution in [1.29, 1.82) is 0 Å². The van der Waals surface area contributed by atoms with Crippen LogP contribution in [0, 0.1) is 5.82 Å². The van der Waals surface area contributed by atoms with Crippen LogP contribution in [0.25, 0.3) is 22.9 Å². The first-order valence-electron chi connectivity index (χ1n) is 12.3. The van der Waals surface area contributed by atoms with Gasteiger partial charge >= 0.3 is 12.1 Å². The number of imidazole rings is 1. The minimum absolute atomic E-state index is 0.0815. The van der Waals surface area contributed by atoms with E-state index in [2.05, 4.69) is 40.1 Å². The summed E-state index contributed by atoms with van der Waals surface area (Å²) in [7, 11) is 0. The smallest absolute Gasteiger partial charge is 0.493 e. The van der Waals surface area contributed by atoms with Crippen LogP contribution in [0.2, 0.25) is 0 Å². The van der Waals surface area contributed by atoms with E-state index in [1.165, 1.54) is 47.1 Å². The van der Waals surface area contributed by atoms with Gasteiger partial charge in [0.15, 0.2) is 5.65 Å². The van der Waals surface area contributed by atoms with Gasteiger partial charge in [0.25, 0.3) is 5.62 Å². The Labute approximate surface area is 226 Å². The van der Waals surface area contributed by atoms with Crippen LogP contribution in [0.4, 0.5) is 23.5 Å². The van der Waals surface area contributed by atoms with E-state index in [1.54, 1.807) is 6.07 Å². The van der Waals surface area contributed by atoms with Crippen molar-refractivity contribution in [2.75, 3.05) is 5.32 Å². The fourth-order valence-electron chi connectivity index (χ4n) is 4.17. The molecule has 0 atom stereocenters. The molecule has 210 valence electrons. The number of hydrogen-bond donors (Lipinski definition) is 4. The largest absolute Gasteiger partial charge is 0.573 e. The predicted molar refractivity (Wildman–Crippen MR) is 137 cm³/mol. The maximum Gasteiger partial charge on any atom is 0.573 e. The van der Waals surface area contributed by atoms with Crippen molar-refractivity contribution in [1.82, 2.24) is 29.5 Å². The summed E-state index contributed by atoms with van der Waals surface area (Å²) >= 11 is 0. The summed E-state index contributed by atoms with van der Waals surface area (Å²) < 4.78 is 57.9. The highest BCUT2D eigenvalue weighted by Gasteiger charge is 2.31. The number of nitrogens with zero attached hydrogens (tertiary/aromatic N) is 5. The molecule has 0 aliphatic heterocycles. The summed E-state index contributed by atoms with van der Waals surface area (Å²) in [6.07, 6.45) is -0.0881. The highest BCUT2D eigenvalue weighted by Crippen LogP contribution is 2.31. The minimum atomic E-state index is -4.87. The molecule has 1 fully saturated rings. The van der Waals surface area contributed by atoms with Crippen LogP contribution in [0.1, 0.15) is 24.1 Å². The zero-order valence-electron chi connectivity index (χ0n) is 20.9. The molecule has 4 N–H and O–H groups in total. The number of anilines is 1. The predicted octanol–water partition coefficient (Wildman–Crippen LogP) is 2.77. The number of ether oxygens (including phenoxy) is 1. The van der Waals surface area contributed by atoms with Gasteiger partial charge in [0.1, 0.15) is 17.3 Å². The van der Waals surface area contributed by atoms with Crippen LogP contribution in [0.15, 0.2) is 58.4 Å². The van der Waals surface area contributed by atoms with Crippen LogP contribution >= 0.6 is 0 Å². The Bertz CT molecular complexity index is 1940.